The zero-order chi connectivity index (χ0) is 9.97. The Bertz CT molecular complexity index is 167. The molecule has 8 nitrogen and oxygen atoms in total. The van der Waals surface area contributed by atoms with Crippen LogP contribution in [0.5, 0.6) is 0 Å². The van der Waals surface area contributed by atoms with Crippen LogP contribution >= 0.6 is 0 Å². The topological polar surface area (TPSA) is 96.2 Å². The van der Waals surface area contributed by atoms with Gasteiger partial charge >= 0.3 is 0 Å². The Labute approximate surface area is 82.8 Å². The van der Waals surface area contributed by atoms with E-state index in [0.29, 0.717) is 12.1 Å². The second kappa shape index (κ2) is 4.47. The van der Waals surface area contributed by atoms with Crippen LogP contribution in [-0.2, 0) is 0 Å². The van der Waals surface area contributed by atoms with Gasteiger partial charge in [-0.3, -0.25) is 0 Å². The average Bonchev–Trinajstić information content (AvgIpc) is 2.20. The molecule has 2 fully saturated rings. The van der Waals surface area contributed by atoms with Gasteiger partial charge in [0.2, 0.25) is 0 Å². The second-order valence-corrected chi connectivity index (χ2v) is 3.71. The molecule has 2 aliphatic rings. The van der Waals surface area contributed by atoms with Crippen LogP contribution in [0.4, 0.5) is 0 Å². The maximum atomic E-state index is 3.18. The first-order chi connectivity index (χ1) is 6.79. The van der Waals surface area contributed by atoms with Crippen LogP contribution in [0.25, 0.3) is 0 Å². The molecule has 0 aromatic rings. The predicted molar refractivity (Wildman–Crippen MR) is 51.6 cm³/mol. The Morgan fingerprint density at radius 2 is 0.929 bits per heavy atom. The van der Waals surface area contributed by atoms with Gasteiger partial charge in [0.25, 0.3) is 0 Å². The Hall–Kier alpha value is -0.320. The van der Waals surface area contributed by atoms with Crippen molar-refractivity contribution < 1.29 is 0 Å². The molecular formula is C6H18N8. The van der Waals surface area contributed by atoms with Crippen LogP contribution in [0.3, 0.4) is 0 Å². The molecule has 2 saturated heterocycles. The smallest absolute Gasteiger partial charge is 0.0574 e. The van der Waals surface area contributed by atoms with Crippen LogP contribution in [-0.4, -0.2) is 24.2 Å². The molecule has 2 heterocycles. The van der Waals surface area contributed by atoms with E-state index in [1.165, 1.54) is 0 Å². The van der Waals surface area contributed by atoms with Gasteiger partial charge in [-0.2, -0.15) is 22.1 Å². The fourth-order valence-electron chi connectivity index (χ4n) is 1.77. The fourth-order valence-corrected chi connectivity index (χ4v) is 1.77. The highest BCUT2D eigenvalue weighted by atomic mass is 15.8. The molecular weight excluding hydrogens is 184 g/mol. The van der Waals surface area contributed by atoms with Crippen LogP contribution in [0.2, 0.25) is 0 Å². The van der Waals surface area contributed by atoms with Gasteiger partial charge in [-0.1, -0.05) is 0 Å². The number of hydrogen-bond acceptors (Lipinski definition) is 8. The number of hydrogen-bond donors (Lipinski definition) is 8. The lowest BCUT2D eigenvalue weighted by Crippen LogP contribution is -2.79. The minimum Gasteiger partial charge on any atom is -0.239 e. The minimum atomic E-state index is 0.272. The van der Waals surface area contributed by atoms with Gasteiger partial charge in [-0.05, 0) is 13.8 Å². The lowest BCUT2D eigenvalue weighted by molar-refractivity contribution is 0.105. The van der Waals surface area contributed by atoms with E-state index < -0.39 is 0 Å². The molecule has 4 atom stereocenters. The van der Waals surface area contributed by atoms with Crippen molar-refractivity contribution in [3.05, 3.63) is 0 Å². The van der Waals surface area contributed by atoms with E-state index in [-0.39, 0.29) is 12.1 Å². The first kappa shape index (κ1) is 10.2. The molecule has 8 N–H and O–H groups in total. The van der Waals surface area contributed by atoms with E-state index in [1.54, 1.807) is 0 Å². The molecule has 8 heteroatoms. The molecule has 0 bridgehead atoms. The molecule has 0 aromatic heterocycles. The first-order valence-corrected chi connectivity index (χ1v) is 4.81. The molecule has 0 aliphatic carbocycles. The van der Waals surface area contributed by atoms with Crippen molar-refractivity contribution in [2.75, 3.05) is 0 Å². The summed E-state index contributed by atoms with van der Waals surface area (Å²) in [6.45, 7) is 4.23. The van der Waals surface area contributed by atoms with E-state index in [4.69, 9.17) is 0 Å². The van der Waals surface area contributed by atoms with Gasteiger partial charge < -0.3 is 0 Å². The largest absolute Gasteiger partial charge is 0.239 e. The van der Waals surface area contributed by atoms with Gasteiger partial charge in [0, 0.05) is 12.1 Å². The van der Waals surface area contributed by atoms with Crippen LogP contribution < -0.4 is 43.8 Å². The Balaban J connectivity index is 1.96. The third-order valence-corrected chi connectivity index (χ3v) is 2.67. The van der Waals surface area contributed by atoms with E-state index in [0.717, 1.165) is 0 Å². The highest BCUT2D eigenvalue weighted by Gasteiger charge is 2.33. The van der Waals surface area contributed by atoms with Crippen LogP contribution in [0.15, 0.2) is 0 Å². The second-order valence-electron chi connectivity index (χ2n) is 3.71. The Kier molecular flexibility index (Phi) is 3.26. The normalized spacial score (nSPS) is 45.0. The number of hydrazine groups is 6. The van der Waals surface area contributed by atoms with Gasteiger partial charge in [0.15, 0.2) is 0 Å². The molecule has 0 spiro atoms. The van der Waals surface area contributed by atoms with Crippen molar-refractivity contribution in [3.63, 3.8) is 0 Å². The number of nitrogens with one attached hydrogen (secondary N) is 8. The maximum absolute atomic E-state index is 3.18. The zero-order valence-electron chi connectivity index (χ0n) is 8.31. The molecule has 0 aromatic carbocycles. The third-order valence-electron chi connectivity index (χ3n) is 2.67. The van der Waals surface area contributed by atoms with E-state index in [2.05, 4.69) is 57.7 Å². The summed E-state index contributed by atoms with van der Waals surface area (Å²) in [6.07, 6.45) is 0. The summed E-state index contributed by atoms with van der Waals surface area (Å²) >= 11 is 0. The zero-order valence-corrected chi connectivity index (χ0v) is 8.31. The SMILES string of the molecule is CC1NNNNC1C1NNNNC1C. The standard InChI is InChI=1S/C6H18N8/c1-3-5(9-13-11-7-3)6-4(2)8-12-14-10-6/h3-14H,1-2H3. The Morgan fingerprint density at radius 3 is 1.29 bits per heavy atom. The molecule has 14 heavy (non-hydrogen) atoms. The molecule has 4 unspecified atom stereocenters. The minimum absolute atomic E-state index is 0.272. The summed E-state index contributed by atoms with van der Waals surface area (Å²) in [5.41, 5.74) is 23.9. The summed E-state index contributed by atoms with van der Waals surface area (Å²) in [5.74, 6) is 0. The quantitative estimate of drug-likeness (QED) is 0.224. The lowest BCUT2D eigenvalue weighted by atomic mass is 9.97. The van der Waals surface area contributed by atoms with E-state index in [9.17, 15) is 0 Å². The number of rotatable bonds is 1. The molecule has 0 radical (unpaired) electrons. The molecule has 0 saturated carbocycles. The van der Waals surface area contributed by atoms with Crippen molar-refractivity contribution >= 4 is 0 Å². The molecule has 82 valence electrons. The monoisotopic (exact) mass is 202 g/mol. The van der Waals surface area contributed by atoms with Crippen molar-refractivity contribution in [2.24, 2.45) is 0 Å². The fraction of sp³-hybridized carbons (Fsp3) is 1.00. The molecule has 2 rings (SSSR count). The molecule has 0 amide bonds. The summed E-state index contributed by atoms with van der Waals surface area (Å²) in [5, 5.41) is 0. The Morgan fingerprint density at radius 1 is 0.571 bits per heavy atom. The lowest BCUT2D eigenvalue weighted by Gasteiger charge is -2.42. The average molecular weight is 202 g/mol. The van der Waals surface area contributed by atoms with Crippen molar-refractivity contribution in [3.8, 4) is 0 Å². The first-order valence-electron chi connectivity index (χ1n) is 4.81. The summed E-state index contributed by atoms with van der Waals surface area (Å²) < 4.78 is 0. The van der Waals surface area contributed by atoms with Crippen LogP contribution in [0.1, 0.15) is 13.8 Å². The van der Waals surface area contributed by atoms with Gasteiger partial charge in [0.1, 0.15) is 0 Å². The van der Waals surface area contributed by atoms with Crippen molar-refractivity contribution in [1.29, 1.82) is 0 Å². The summed E-state index contributed by atoms with van der Waals surface area (Å²) in [6, 6.07) is 1.18. The van der Waals surface area contributed by atoms with Gasteiger partial charge in [0.05, 0.1) is 12.1 Å². The maximum Gasteiger partial charge on any atom is 0.0574 e. The highest BCUT2D eigenvalue weighted by molar-refractivity contribution is 4.94. The van der Waals surface area contributed by atoms with Crippen molar-refractivity contribution in [1.82, 2.24) is 43.8 Å². The van der Waals surface area contributed by atoms with Crippen LogP contribution in [0, 0.1) is 0 Å². The van der Waals surface area contributed by atoms with E-state index >= 15 is 0 Å². The predicted octanol–water partition coefficient (Wildman–Crippen LogP) is -3.27. The third kappa shape index (κ3) is 2.02. The summed E-state index contributed by atoms with van der Waals surface area (Å²) in [7, 11) is 0. The summed E-state index contributed by atoms with van der Waals surface area (Å²) in [4.78, 5) is 0. The van der Waals surface area contributed by atoms with E-state index in [1.807, 2.05) is 0 Å². The highest BCUT2D eigenvalue weighted by Crippen LogP contribution is 2.05. The van der Waals surface area contributed by atoms with Gasteiger partial charge in [-0.25, -0.2) is 21.7 Å². The van der Waals surface area contributed by atoms with Gasteiger partial charge in [-0.15, -0.1) is 0 Å². The van der Waals surface area contributed by atoms with Crippen molar-refractivity contribution in [2.45, 2.75) is 38.0 Å². The molecule has 2 aliphatic heterocycles.